The standard InChI is InChI=1S/C11H14ClFN2O3/c12-8-6-11(15(17)18)10(7-9(8)13)14-4-2-1-3-5-16/h6-7,14,16H,1-5H2. The summed E-state index contributed by atoms with van der Waals surface area (Å²) < 4.78 is 13.2. The van der Waals surface area contributed by atoms with E-state index in [1.165, 1.54) is 0 Å². The summed E-state index contributed by atoms with van der Waals surface area (Å²) in [7, 11) is 0. The Hall–Kier alpha value is -1.40. The van der Waals surface area contributed by atoms with E-state index in [2.05, 4.69) is 5.32 Å². The number of halogens is 2. The second-order valence-corrected chi connectivity index (χ2v) is 4.16. The van der Waals surface area contributed by atoms with Gasteiger partial charge in [0.05, 0.1) is 9.95 Å². The number of hydrogen-bond donors (Lipinski definition) is 2. The van der Waals surface area contributed by atoms with Crippen molar-refractivity contribution in [3.05, 3.63) is 33.1 Å². The van der Waals surface area contributed by atoms with Gasteiger partial charge in [-0.15, -0.1) is 0 Å². The highest BCUT2D eigenvalue weighted by atomic mass is 35.5. The lowest BCUT2D eigenvalue weighted by Crippen LogP contribution is -2.05. The monoisotopic (exact) mass is 276 g/mol. The van der Waals surface area contributed by atoms with Gasteiger partial charge in [-0.25, -0.2) is 4.39 Å². The predicted octanol–water partition coefficient (Wildman–Crippen LogP) is 2.96. The van der Waals surface area contributed by atoms with Crippen molar-refractivity contribution in [1.82, 2.24) is 0 Å². The van der Waals surface area contributed by atoms with Crippen LogP contribution in [0.1, 0.15) is 19.3 Å². The quantitative estimate of drug-likeness (QED) is 0.456. The van der Waals surface area contributed by atoms with E-state index >= 15 is 0 Å². The number of nitrogens with zero attached hydrogens (tertiary/aromatic N) is 1. The van der Waals surface area contributed by atoms with E-state index in [4.69, 9.17) is 16.7 Å². The van der Waals surface area contributed by atoms with Crippen LogP contribution in [0, 0.1) is 15.9 Å². The van der Waals surface area contributed by atoms with Gasteiger partial charge in [0.1, 0.15) is 11.5 Å². The summed E-state index contributed by atoms with van der Waals surface area (Å²) in [5.74, 6) is -0.694. The average Bonchev–Trinajstić information content (AvgIpc) is 2.32. The molecule has 0 atom stereocenters. The van der Waals surface area contributed by atoms with E-state index in [-0.39, 0.29) is 23.0 Å². The molecule has 2 N–H and O–H groups in total. The summed E-state index contributed by atoms with van der Waals surface area (Å²) in [5.41, 5.74) is -0.130. The minimum Gasteiger partial charge on any atom is -0.396 e. The maximum atomic E-state index is 13.2. The highest BCUT2D eigenvalue weighted by molar-refractivity contribution is 6.31. The fraction of sp³-hybridized carbons (Fsp3) is 0.455. The van der Waals surface area contributed by atoms with E-state index in [0.717, 1.165) is 25.0 Å². The molecule has 100 valence electrons. The lowest BCUT2D eigenvalue weighted by Gasteiger charge is -2.07. The number of aliphatic hydroxyl groups excluding tert-OH is 1. The summed E-state index contributed by atoms with van der Waals surface area (Å²) >= 11 is 5.50. The molecule has 0 amide bonds. The lowest BCUT2D eigenvalue weighted by molar-refractivity contribution is -0.384. The van der Waals surface area contributed by atoms with Gasteiger partial charge in [-0.1, -0.05) is 11.6 Å². The van der Waals surface area contributed by atoms with Crippen molar-refractivity contribution in [2.75, 3.05) is 18.5 Å². The average molecular weight is 277 g/mol. The topological polar surface area (TPSA) is 75.4 Å². The largest absolute Gasteiger partial charge is 0.396 e. The third-order valence-electron chi connectivity index (χ3n) is 2.39. The molecule has 0 unspecified atom stereocenters. The first-order chi connectivity index (χ1) is 8.56. The molecule has 0 aromatic heterocycles. The zero-order valence-electron chi connectivity index (χ0n) is 9.66. The maximum Gasteiger partial charge on any atom is 0.294 e. The summed E-state index contributed by atoms with van der Waals surface area (Å²) in [4.78, 5) is 10.2. The third-order valence-corrected chi connectivity index (χ3v) is 2.68. The Bertz CT molecular complexity index is 429. The van der Waals surface area contributed by atoms with E-state index in [1.807, 2.05) is 0 Å². The molecule has 1 aromatic carbocycles. The Labute approximate surface area is 109 Å². The van der Waals surface area contributed by atoms with Crippen LogP contribution in [0.15, 0.2) is 12.1 Å². The molecule has 7 heteroatoms. The smallest absolute Gasteiger partial charge is 0.294 e. The van der Waals surface area contributed by atoms with Gasteiger partial charge in [0, 0.05) is 25.3 Å². The van der Waals surface area contributed by atoms with Crippen LogP contribution in [-0.4, -0.2) is 23.2 Å². The second kappa shape index (κ2) is 7.13. The SMILES string of the molecule is O=[N+]([O-])c1cc(Cl)c(F)cc1NCCCCCO. The Balaban J connectivity index is 2.68. The van der Waals surface area contributed by atoms with Crippen LogP contribution in [0.5, 0.6) is 0 Å². The molecule has 5 nitrogen and oxygen atoms in total. The minimum absolute atomic E-state index is 0.117. The number of nitro benzene ring substituents is 1. The van der Waals surface area contributed by atoms with E-state index in [9.17, 15) is 14.5 Å². The van der Waals surface area contributed by atoms with Crippen LogP contribution in [-0.2, 0) is 0 Å². The molecule has 0 spiro atoms. The molecule has 0 heterocycles. The van der Waals surface area contributed by atoms with Gasteiger partial charge < -0.3 is 10.4 Å². The van der Waals surface area contributed by atoms with Crippen molar-refractivity contribution in [2.24, 2.45) is 0 Å². The van der Waals surface area contributed by atoms with Gasteiger partial charge >= 0.3 is 0 Å². The molecule has 0 saturated heterocycles. The summed E-state index contributed by atoms with van der Waals surface area (Å²) in [6, 6.07) is 2.01. The molecule has 0 radical (unpaired) electrons. The predicted molar refractivity (Wildman–Crippen MR) is 67.5 cm³/mol. The summed E-state index contributed by atoms with van der Waals surface area (Å²) in [6.07, 6.45) is 2.22. The van der Waals surface area contributed by atoms with Gasteiger partial charge in [-0.3, -0.25) is 10.1 Å². The van der Waals surface area contributed by atoms with Crippen molar-refractivity contribution >= 4 is 23.0 Å². The van der Waals surface area contributed by atoms with Gasteiger partial charge in [0.25, 0.3) is 5.69 Å². The molecule has 0 aliphatic rings. The number of aliphatic hydroxyl groups is 1. The number of hydrogen-bond acceptors (Lipinski definition) is 4. The number of benzene rings is 1. The molecule has 1 rings (SSSR count). The Kier molecular flexibility index (Phi) is 5.80. The zero-order valence-corrected chi connectivity index (χ0v) is 10.4. The molecular formula is C11H14ClFN2O3. The molecule has 0 fully saturated rings. The second-order valence-electron chi connectivity index (χ2n) is 3.75. The van der Waals surface area contributed by atoms with Gasteiger partial charge in [-0.2, -0.15) is 0 Å². The highest BCUT2D eigenvalue weighted by Gasteiger charge is 2.17. The number of anilines is 1. The molecule has 0 saturated carbocycles. The summed E-state index contributed by atoms with van der Waals surface area (Å²) in [5, 5.41) is 21.9. The fourth-order valence-electron chi connectivity index (χ4n) is 1.47. The lowest BCUT2D eigenvalue weighted by atomic mass is 10.2. The molecule has 0 bridgehead atoms. The van der Waals surface area contributed by atoms with Gasteiger partial charge in [0.2, 0.25) is 0 Å². The number of unbranched alkanes of at least 4 members (excludes halogenated alkanes) is 2. The van der Waals surface area contributed by atoms with Crippen LogP contribution in [0.25, 0.3) is 0 Å². The highest BCUT2D eigenvalue weighted by Crippen LogP contribution is 2.30. The molecule has 18 heavy (non-hydrogen) atoms. The van der Waals surface area contributed by atoms with Gasteiger partial charge in [0.15, 0.2) is 0 Å². The van der Waals surface area contributed by atoms with Crippen molar-refractivity contribution < 1.29 is 14.4 Å². The number of rotatable bonds is 7. The minimum atomic E-state index is -0.694. The van der Waals surface area contributed by atoms with E-state index < -0.39 is 10.7 Å². The van der Waals surface area contributed by atoms with E-state index in [1.54, 1.807) is 0 Å². The Morgan fingerprint density at radius 1 is 1.39 bits per heavy atom. The maximum absolute atomic E-state index is 13.2. The molecular weight excluding hydrogens is 263 g/mol. The van der Waals surface area contributed by atoms with Crippen molar-refractivity contribution in [2.45, 2.75) is 19.3 Å². The first-order valence-corrected chi connectivity index (χ1v) is 5.92. The van der Waals surface area contributed by atoms with Gasteiger partial charge in [-0.05, 0) is 19.3 Å². The van der Waals surface area contributed by atoms with Crippen LogP contribution in [0.3, 0.4) is 0 Å². The number of nitro groups is 1. The van der Waals surface area contributed by atoms with Crippen molar-refractivity contribution in [3.63, 3.8) is 0 Å². The van der Waals surface area contributed by atoms with Crippen LogP contribution in [0.4, 0.5) is 15.8 Å². The Morgan fingerprint density at radius 2 is 2.11 bits per heavy atom. The van der Waals surface area contributed by atoms with E-state index in [0.29, 0.717) is 13.0 Å². The van der Waals surface area contributed by atoms with Crippen molar-refractivity contribution in [1.29, 1.82) is 0 Å². The first-order valence-electron chi connectivity index (χ1n) is 5.54. The molecule has 0 aliphatic heterocycles. The first kappa shape index (κ1) is 14.7. The van der Waals surface area contributed by atoms with Crippen LogP contribution >= 0.6 is 11.6 Å². The zero-order chi connectivity index (χ0) is 13.5. The molecule has 1 aromatic rings. The summed E-state index contributed by atoms with van der Waals surface area (Å²) in [6.45, 7) is 0.595. The fourth-order valence-corrected chi connectivity index (χ4v) is 1.62. The van der Waals surface area contributed by atoms with Crippen LogP contribution in [0.2, 0.25) is 5.02 Å². The third kappa shape index (κ3) is 4.12. The molecule has 0 aliphatic carbocycles. The Morgan fingerprint density at radius 3 is 2.72 bits per heavy atom. The normalized spacial score (nSPS) is 10.4. The van der Waals surface area contributed by atoms with Crippen LogP contribution < -0.4 is 5.32 Å². The number of nitrogens with one attached hydrogen (secondary N) is 1. The van der Waals surface area contributed by atoms with Crippen molar-refractivity contribution in [3.8, 4) is 0 Å².